The maximum atomic E-state index is 12.0. The van der Waals surface area contributed by atoms with E-state index >= 15 is 0 Å². The summed E-state index contributed by atoms with van der Waals surface area (Å²) in [5.41, 5.74) is 3.73. The number of hydrogen-bond donors (Lipinski definition) is 1. The smallest absolute Gasteiger partial charge is 0.255 e. The Labute approximate surface area is 127 Å². The summed E-state index contributed by atoms with van der Waals surface area (Å²) >= 11 is 1.63. The van der Waals surface area contributed by atoms with Crippen LogP contribution in [0.25, 0.3) is 22.4 Å². The molecule has 0 atom stereocenters. The highest BCUT2D eigenvalue weighted by Crippen LogP contribution is 2.22. The lowest BCUT2D eigenvalue weighted by atomic mass is 10.1. The van der Waals surface area contributed by atoms with Crippen molar-refractivity contribution in [3.8, 4) is 0 Å². The summed E-state index contributed by atoms with van der Waals surface area (Å²) in [5.74, 6) is 0. The Morgan fingerprint density at radius 1 is 1.29 bits per heavy atom. The van der Waals surface area contributed by atoms with Gasteiger partial charge >= 0.3 is 0 Å². The first-order valence-corrected chi connectivity index (χ1v) is 7.75. The van der Waals surface area contributed by atoms with Gasteiger partial charge in [0.2, 0.25) is 0 Å². The van der Waals surface area contributed by atoms with Crippen LogP contribution >= 0.6 is 11.3 Å². The molecular formula is C17H16N2OS. The molecule has 2 heterocycles. The number of hydrogen-bond acceptors (Lipinski definition) is 3. The zero-order valence-electron chi connectivity index (χ0n) is 12.0. The minimum absolute atomic E-state index is 0.0536. The fourth-order valence-electron chi connectivity index (χ4n) is 2.30. The van der Waals surface area contributed by atoms with Crippen LogP contribution in [0.15, 0.2) is 35.1 Å². The summed E-state index contributed by atoms with van der Waals surface area (Å²) in [6.07, 6.45) is 4.66. The molecule has 2 aromatic heterocycles. The molecular weight excluding hydrogens is 280 g/mol. The normalized spacial score (nSPS) is 11.5. The SMILES string of the molecule is CCc1cc(C=Cc2nc3ccccc3s2)c(=O)[nH]c1C. The van der Waals surface area contributed by atoms with Gasteiger partial charge in [0.05, 0.1) is 10.2 Å². The average Bonchev–Trinajstić information content (AvgIpc) is 2.89. The molecule has 21 heavy (non-hydrogen) atoms. The lowest BCUT2D eigenvalue weighted by Gasteiger charge is -2.03. The first kappa shape index (κ1) is 13.8. The minimum Gasteiger partial charge on any atom is -0.326 e. The second-order valence-electron chi connectivity index (χ2n) is 4.91. The summed E-state index contributed by atoms with van der Waals surface area (Å²) < 4.78 is 1.16. The molecule has 3 aromatic rings. The molecule has 0 spiro atoms. The number of benzene rings is 1. The van der Waals surface area contributed by atoms with Crippen LogP contribution in [0.3, 0.4) is 0 Å². The molecule has 0 saturated heterocycles. The standard InChI is InChI=1S/C17H16N2OS/c1-3-12-10-13(17(20)18-11(12)2)8-9-16-19-14-6-4-5-7-15(14)21-16/h4-10H,3H2,1-2H3,(H,18,20). The van der Waals surface area contributed by atoms with Crippen molar-refractivity contribution in [1.29, 1.82) is 0 Å². The summed E-state index contributed by atoms with van der Waals surface area (Å²) in [6, 6.07) is 9.99. The molecule has 1 N–H and O–H groups in total. The van der Waals surface area contributed by atoms with Crippen LogP contribution in [0.4, 0.5) is 0 Å². The van der Waals surface area contributed by atoms with Gasteiger partial charge in [-0.1, -0.05) is 19.1 Å². The Balaban J connectivity index is 1.97. The molecule has 0 saturated carbocycles. The van der Waals surface area contributed by atoms with E-state index in [0.717, 1.165) is 27.3 Å². The number of rotatable bonds is 3. The Bertz CT molecular complexity index is 841. The molecule has 0 fully saturated rings. The van der Waals surface area contributed by atoms with Gasteiger partial charge in [0, 0.05) is 11.3 Å². The van der Waals surface area contributed by atoms with E-state index in [0.29, 0.717) is 5.56 Å². The predicted octanol–water partition coefficient (Wildman–Crippen LogP) is 4.03. The third kappa shape index (κ3) is 2.81. The van der Waals surface area contributed by atoms with Crippen LogP contribution < -0.4 is 5.56 Å². The largest absolute Gasteiger partial charge is 0.326 e. The Kier molecular flexibility index (Phi) is 3.71. The number of aromatic nitrogens is 2. The van der Waals surface area contributed by atoms with E-state index in [4.69, 9.17) is 0 Å². The van der Waals surface area contributed by atoms with Crippen molar-refractivity contribution in [1.82, 2.24) is 9.97 Å². The lowest BCUT2D eigenvalue weighted by Crippen LogP contribution is -2.12. The topological polar surface area (TPSA) is 45.8 Å². The molecule has 3 rings (SSSR count). The van der Waals surface area contributed by atoms with Gasteiger partial charge in [0.15, 0.2) is 0 Å². The summed E-state index contributed by atoms with van der Waals surface area (Å²) in [5, 5.41) is 0.911. The van der Waals surface area contributed by atoms with Gasteiger partial charge in [-0.3, -0.25) is 4.79 Å². The molecule has 0 bridgehead atoms. The first-order chi connectivity index (χ1) is 10.2. The van der Waals surface area contributed by atoms with Crippen molar-refractivity contribution in [3.05, 3.63) is 62.5 Å². The van der Waals surface area contributed by atoms with Crippen LogP contribution in [0.1, 0.15) is 28.8 Å². The van der Waals surface area contributed by atoms with Crippen LogP contribution in [0.5, 0.6) is 0 Å². The number of aromatic amines is 1. The third-order valence-electron chi connectivity index (χ3n) is 3.47. The lowest BCUT2D eigenvalue weighted by molar-refractivity contribution is 1.02. The number of pyridine rings is 1. The number of aryl methyl sites for hydroxylation is 2. The summed E-state index contributed by atoms with van der Waals surface area (Å²) in [4.78, 5) is 19.4. The Morgan fingerprint density at radius 2 is 2.10 bits per heavy atom. The van der Waals surface area contributed by atoms with Crippen molar-refractivity contribution in [2.45, 2.75) is 20.3 Å². The molecule has 4 heteroatoms. The minimum atomic E-state index is -0.0536. The maximum absolute atomic E-state index is 12.0. The number of thiazole rings is 1. The summed E-state index contributed by atoms with van der Waals surface area (Å²) in [7, 11) is 0. The monoisotopic (exact) mass is 296 g/mol. The van der Waals surface area contributed by atoms with Gasteiger partial charge in [-0.2, -0.15) is 0 Å². The first-order valence-electron chi connectivity index (χ1n) is 6.94. The van der Waals surface area contributed by atoms with Crippen LogP contribution in [-0.4, -0.2) is 9.97 Å². The van der Waals surface area contributed by atoms with E-state index in [1.165, 1.54) is 5.56 Å². The van der Waals surface area contributed by atoms with Crippen molar-refractivity contribution in [2.75, 3.05) is 0 Å². The van der Waals surface area contributed by atoms with E-state index in [2.05, 4.69) is 23.0 Å². The molecule has 3 nitrogen and oxygen atoms in total. The Morgan fingerprint density at radius 3 is 2.86 bits per heavy atom. The fourth-order valence-corrected chi connectivity index (χ4v) is 3.17. The van der Waals surface area contributed by atoms with Gasteiger partial charge in [-0.15, -0.1) is 11.3 Å². The molecule has 0 radical (unpaired) electrons. The second-order valence-corrected chi connectivity index (χ2v) is 5.97. The molecule has 0 aliphatic rings. The van der Waals surface area contributed by atoms with Crippen LogP contribution in [0.2, 0.25) is 0 Å². The van der Waals surface area contributed by atoms with Crippen molar-refractivity contribution < 1.29 is 0 Å². The van der Waals surface area contributed by atoms with E-state index in [1.54, 1.807) is 11.3 Å². The highest BCUT2D eigenvalue weighted by Gasteiger charge is 2.03. The number of H-pyrrole nitrogens is 1. The molecule has 0 aliphatic carbocycles. The highest BCUT2D eigenvalue weighted by atomic mass is 32.1. The van der Waals surface area contributed by atoms with Crippen LogP contribution in [0, 0.1) is 6.92 Å². The van der Waals surface area contributed by atoms with Crippen molar-refractivity contribution in [2.24, 2.45) is 0 Å². The zero-order valence-corrected chi connectivity index (χ0v) is 12.8. The highest BCUT2D eigenvalue weighted by molar-refractivity contribution is 7.19. The van der Waals surface area contributed by atoms with E-state index in [-0.39, 0.29) is 5.56 Å². The number of fused-ring (bicyclic) bond motifs is 1. The van der Waals surface area contributed by atoms with Crippen LogP contribution in [-0.2, 0) is 6.42 Å². The van der Waals surface area contributed by atoms with Crippen molar-refractivity contribution >= 4 is 33.7 Å². The fraction of sp³-hybridized carbons (Fsp3) is 0.176. The van der Waals surface area contributed by atoms with Crippen molar-refractivity contribution in [3.63, 3.8) is 0 Å². The molecule has 0 unspecified atom stereocenters. The van der Waals surface area contributed by atoms with E-state index < -0.39 is 0 Å². The number of para-hydroxylation sites is 1. The van der Waals surface area contributed by atoms with Gasteiger partial charge in [0.25, 0.3) is 5.56 Å². The quantitative estimate of drug-likeness (QED) is 0.793. The summed E-state index contributed by atoms with van der Waals surface area (Å²) in [6.45, 7) is 4.02. The van der Waals surface area contributed by atoms with Gasteiger partial charge in [-0.05, 0) is 49.3 Å². The van der Waals surface area contributed by atoms with Gasteiger partial charge in [0.1, 0.15) is 5.01 Å². The second kappa shape index (κ2) is 5.66. The molecule has 0 aliphatic heterocycles. The molecule has 106 valence electrons. The number of nitrogens with zero attached hydrogens (tertiary/aromatic N) is 1. The van der Waals surface area contributed by atoms with E-state index in [1.807, 2.05) is 43.3 Å². The maximum Gasteiger partial charge on any atom is 0.255 e. The predicted molar refractivity (Wildman–Crippen MR) is 89.7 cm³/mol. The van der Waals surface area contributed by atoms with E-state index in [9.17, 15) is 4.79 Å². The van der Waals surface area contributed by atoms with Gasteiger partial charge < -0.3 is 4.98 Å². The Hall–Kier alpha value is -2.20. The molecule has 1 aromatic carbocycles. The zero-order chi connectivity index (χ0) is 14.8. The number of nitrogens with one attached hydrogen (secondary N) is 1. The average molecular weight is 296 g/mol. The van der Waals surface area contributed by atoms with Gasteiger partial charge in [-0.25, -0.2) is 4.98 Å². The third-order valence-corrected chi connectivity index (χ3v) is 4.47. The molecule has 0 amide bonds.